The van der Waals surface area contributed by atoms with E-state index in [4.69, 9.17) is 14.2 Å². The molecule has 2 aromatic heterocycles. The molecule has 0 bridgehead atoms. The monoisotopic (exact) mass is 521 g/mol. The molecular formula is C30H27N5O4. The van der Waals surface area contributed by atoms with Crippen LogP contribution < -0.4 is 24.8 Å². The number of rotatable bonds is 10. The molecule has 6 rings (SSSR count). The average molecular weight is 522 g/mol. The Labute approximate surface area is 225 Å². The Kier molecular flexibility index (Phi) is 6.94. The summed E-state index contributed by atoms with van der Waals surface area (Å²) < 4.78 is 18.4. The molecule has 0 aliphatic carbocycles. The fourth-order valence-corrected chi connectivity index (χ4v) is 4.48. The number of fused-ring (bicyclic) bond motifs is 2. The molecule has 0 fully saturated rings. The number of para-hydroxylation sites is 2. The molecule has 0 atom stereocenters. The van der Waals surface area contributed by atoms with Crippen LogP contribution in [0, 0.1) is 0 Å². The summed E-state index contributed by atoms with van der Waals surface area (Å²) in [5.74, 6) is 3.55. The molecule has 9 heteroatoms. The van der Waals surface area contributed by atoms with Crippen molar-refractivity contribution in [2.24, 2.45) is 0 Å². The lowest BCUT2D eigenvalue weighted by Gasteiger charge is -2.08. The van der Waals surface area contributed by atoms with Crippen LogP contribution >= 0.6 is 0 Å². The molecule has 2 N–H and O–H groups in total. The third kappa shape index (κ3) is 5.62. The molecule has 0 radical (unpaired) electrons. The minimum absolute atomic E-state index is 0.0660. The summed E-state index contributed by atoms with van der Waals surface area (Å²) in [5.41, 5.74) is 2.93. The highest BCUT2D eigenvalue weighted by molar-refractivity contribution is 5.90. The average Bonchev–Trinajstić information content (AvgIpc) is 3.60. The predicted molar refractivity (Wildman–Crippen MR) is 147 cm³/mol. The van der Waals surface area contributed by atoms with Gasteiger partial charge in [-0.1, -0.05) is 42.5 Å². The van der Waals surface area contributed by atoms with Gasteiger partial charge in [-0.2, -0.15) is 0 Å². The predicted octanol–water partition coefficient (Wildman–Crippen LogP) is 4.50. The van der Waals surface area contributed by atoms with Gasteiger partial charge in [0.25, 0.3) is 0 Å². The van der Waals surface area contributed by atoms with Crippen LogP contribution in [-0.4, -0.2) is 40.6 Å². The fourth-order valence-electron chi connectivity index (χ4n) is 4.48. The molecule has 3 heterocycles. The first-order valence-electron chi connectivity index (χ1n) is 12.7. The van der Waals surface area contributed by atoms with E-state index in [0.717, 1.165) is 39.3 Å². The van der Waals surface area contributed by atoms with Crippen molar-refractivity contribution in [2.45, 2.75) is 13.0 Å². The van der Waals surface area contributed by atoms with Crippen LogP contribution in [0.3, 0.4) is 0 Å². The lowest BCUT2D eigenvalue weighted by atomic mass is 10.1. The maximum Gasteiger partial charge on any atom is 0.231 e. The number of hydrogen-bond donors (Lipinski definition) is 2. The van der Waals surface area contributed by atoms with E-state index in [1.54, 1.807) is 0 Å². The number of amides is 1. The van der Waals surface area contributed by atoms with Crippen molar-refractivity contribution in [2.75, 3.05) is 25.3 Å². The molecule has 1 amide bonds. The molecule has 1 aliphatic rings. The van der Waals surface area contributed by atoms with Crippen molar-refractivity contribution in [1.29, 1.82) is 0 Å². The molecule has 3 aromatic carbocycles. The van der Waals surface area contributed by atoms with Gasteiger partial charge >= 0.3 is 0 Å². The first kappa shape index (κ1) is 24.3. The van der Waals surface area contributed by atoms with E-state index in [0.29, 0.717) is 31.3 Å². The van der Waals surface area contributed by atoms with Crippen LogP contribution in [0.4, 0.5) is 5.82 Å². The summed E-state index contributed by atoms with van der Waals surface area (Å²) in [6.07, 6.45) is 2.20. The minimum Gasteiger partial charge on any atom is -0.492 e. The molecule has 0 spiro atoms. The summed E-state index contributed by atoms with van der Waals surface area (Å²) in [5, 5.41) is 16.0. The number of ether oxygens (including phenoxy) is 3. The van der Waals surface area contributed by atoms with Crippen LogP contribution in [0.15, 0.2) is 91.1 Å². The molecule has 39 heavy (non-hydrogen) atoms. The van der Waals surface area contributed by atoms with Gasteiger partial charge in [0.1, 0.15) is 18.2 Å². The van der Waals surface area contributed by atoms with E-state index in [-0.39, 0.29) is 19.1 Å². The quantitative estimate of drug-likeness (QED) is 0.261. The summed E-state index contributed by atoms with van der Waals surface area (Å²) in [4.78, 5) is 12.7. The summed E-state index contributed by atoms with van der Waals surface area (Å²) in [6, 6.07) is 27.2. The lowest BCUT2D eigenvalue weighted by Crippen LogP contribution is -2.29. The van der Waals surface area contributed by atoms with E-state index in [9.17, 15) is 4.79 Å². The number of nitrogens with one attached hydrogen (secondary N) is 2. The molecule has 1 aliphatic heterocycles. The van der Waals surface area contributed by atoms with Crippen molar-refractivity contribution in [1.82, 2.24) is 20.1 Å². The van der Waals surface area contributed by atoms with Gasteiger partial charge in [0.05, 0.1) is 18.5 Å². The fraction of sp³-hybridized carbons (Fsp3) is 0.167. The van der Waals surface area contributed by atoms with Crippen LogP contribution in [0.25, 0.3) is 16.7 Å². The Balaban J connectivity index is 1.09. The highest BCUT2D eigenvalue weighted by Gasteiger charge is 2.15. The van der Waals surface area contributed by atoms with Crippen LogP contribution in [0.1, 0.15) is 11.1 Å². The Hall–Kier alpha value is -5.05. The normalized spacial score (nSPS) is 11.9. The maximum absolute atomic E-state index is 12.7. The third-order valence-corrected chi connectivity index (χ3v) is 6.39. The van der Waals surface area contributed by atoms with Gasteiger partial charge in [0, 0.05) is 18.1 Å². The SMILES string of the molecule is O=C(Cc1cn(-c2ccc(NCc3ccc4c(c3)OCO4)nn2)c2ccccc12)NCCOc1ccccc1. The topological polar surface area (TPSA) is 99.5 Å². The van der Waals surface area contributed by atoms with Gasteiger partial charge in [-0.3, -0.25) is 9.36 Å². The van der Waals surface area contributed by atoms with E-state index in [1.165, 1.54) is 0 Å². The Morgan fingerprint density at radius 3 is 2.64 bits per heavy atom. The molecule has 0 saturated heterocycles. The van der Waals surface area contributed by atoms with Gasteiger partial charge in [0.15, 0.2) is 17.3 Å². The van der Waals surface area contributed by atoms with Crippen LogP contribution in [0.5, 0.6) is 17.2 Å². The zero-order valence-electron chi connectivity index (χ0n) is 21.2. The van der Waals surface area contributed by atoms with E-state index in [1.807, 2.05) is 95.7 Å². The van der Waals surface area contributed by atoms with Crippen molar-refractivity contribution in [3.63, 3.8) is 0 Å². The largest absolute Gasteiger partial charge is 0.492 e. The summed E-state index contributed by atoms with van der Waals surface area (Å²) >= 11 is 0. The van der Waals surface area contributed by atoms with Crippen molar-refractivity contribution >= 4 is 22.6 Å². The van der Waals surface area contributed by atoms with Crippen molar-refractivity contribution < 1.29 is 19.0 Å². The number of aromatic nitrogens is 3. The zero-order valence-corrected chi connectivity index (χ0v) is 21.2. The van der Waals surface area contributed by atoms with Gasteiger partial charge in [-0.15, -0.1) is 10.2 Å². The Morgan fingerprint density at radius 1 is 0.923 bits per heavy atom. The van der Waals surface area contributed by atoms with Gasteiger partial charge < -0.3 is 24.8 Å². The number of nitrogens with zero attached hydrogens (tertiary/aromatic N) is 3. The summed E-state index contributed by atoms with van der Waals surface area (Å²) in [7, 11) is 0. The Morgan fingerprint density at radius 2 is 1.77 bits per heavy atom. The van der Waals surface area contributed by atoms with Crippen LogP contribution in [0.2, 0.25) is 0 Å². The van der Waals surface area contributed by atoms with Crippen molar-refractivity contribution in [3.8, 4) is 23.1 Å². The first-order chi connectivity index (χ1) is 19.2. The smallest absolute Gasteiger partial charge is 0.231 e. The van der Waals surface area contributed by atoms with Gasteiger partial charge in [-0.25, -0.2) is 0 Å². The molecule has 0 saturated carbocycles. The summed E-state index contributed by atoms with van der Waals surface area (Å²) in [6.45, 7) is 1.66. The molecular weight excluding hydrogens is 494 g/mol. The number of carbonyl (C=O) groups is 1. The molecule has 5 aromatic rings. The third-order valence-electron chi connectivity index (χ3n) is 6.39. The number of benzene rings is 3. The highest BCUT2D eigenvalue weighted by Crippen LogP contribution is 2.32. The maximum atomic E-state index is 12.7. The molecule has 0 unspecified atom stereocenters. The zero-order chi connectivity index (χ0) is 26.4. The number of anilines is 1. The van der Waals surface area contributed by atoms with E-state index < -0.39 is 0 Å². The van der Waals surface area contributed by atoms with E-state index >= 15 is 0 Å². The molecule has 196 valence electrons. The van der Waals surface area contributed by atoms with E-state index in [2.05, 4.69) is 20.8 Å². The van der Waals surface area contributed by atoms with Gasteiger partial charge in [0.2, 0.25) is 12.7 Å². The van der Waals surface area contributed by atoms with Crippen molar-refractivity contribution in [3.05, 3.63) is 102 Å². The highest BCUT2D eigenvalue weighted by atomic mass is 16.7. The number of carbonyl (C=O) groups excluding carboxylic acids is 1. The standard InChI is InChI=1S/C30H27N5O4/c36-30(31-14-15-37-23-6-2-1-3-7-23)17-22-19-35(25-9-5-4-8-24(22)25)29-13-12-28(33-34-29)32-18-21-10-11-26-27(16-21)39-20-38-26/h1-13,16,19H,14-15,17-18,20H2,(H,31,36)(H,32,33). The second-order valence-electron chi connectivity index (χ2n) is 9.05. The second kappa shape index (κ2) is 11.1. The second-order valence-corrected chi connectivity index (χ2v) is 9.05. The van der Waals surface area contributed by atoms with Gasteiger partial charge in [-0.05, 0) is 53.6 Å². The first-order valence-corrected chi connectivity index (χ1v) is 12.7. The lowest BCUT2D eigenvalue weighted by molar-refractivity contribution is -0.120. The minimum atomic E-state index is -0.0660. The Bertz CT molecular complexity index is 1580. The number of hydrogen-bond acceptors (Lipinski definition) is 7. The van der Waals surface area contributed by atoms with Crippen LogP contribution in [-0.2, 0) is 17.8 Å². The molecule has 9 nitrogen and oxygen atoms in total.